The molecule has 0 fully saturated rings. The van der Waals surface area contributed by atoms with Crippen molar-refractivity contribution >= 4 is 23.9 Å². The molecule has 10 heteroatoms. The molecule has 0 aromatic rings. The first-order valence-electron chi connectivity index (χ1n) is 5.37. The molecule has 0 aromatic carbocycles. The SMILES string of the molecule is NC(CC(=O)O)(CC(=O)O)C(N)(CC(=O)O)CC(=O)O. The van der Waals surface area contributed by atoms with E-state index < -0.39 is 60.6 Å². The highest BCUT2D eigenvalue weighted by molar-refractivity contribution is 5.78. The predicted molar refractivity (Wildman–Crippen MR) is 62.8 cm³/mol. The first-order valence-corrected chi connectivity index (χ1v) is 5.37. The topological polar surface area (TPSA) is 201 Å². The summed E-state index contributed by atoms with van der Waals surface area (Å²) in [6.45, 7) is 0. The largest absolute Gasteiger partial charge is 0.481 e. The van der Waals surface area contributed by atoms with E-state index in [1.54, 1.807) is 0 Å². The van der Waals surface area contributed by atoms with Gasteiger partial charge in [-0.05, 0) is 0 Å². The summed E-state index contributed by atoms with van der Waals surface area (Å²) in [4.78, 5) is 43.2. The van der Waals surface area contributed by atoms with Gasteiger partial charge in [0.2, 0.25) is 0 Å². The molecule has 0 aliphatic heterocycles. The standard InChI is InChI=1S/C10H16N2O8/c11-9(1-5(13)14,2-6(15)16)10(12,3-7(17)18)4-8(19)20/h1-4,11-12H2,(H,13,14)(H,15,16)(H,17,18)(H,19,20). The zero-order valence-corrected chi connectivity index (χ0v) is 10.4. The number of carbonyl (C=O) groups is 4. The van der Waals surface area contributed by atoms with E-state index in [1.807, 2.05) is 0 Å². The quantitative estimate of drug-likeness (QED) is 0.283. The molecule has 0 unspecified atom stereocenters. The van der Waals surface area contributed by atoms with Crippen molar-refractivity contribution in [3.05, 3.63) is 0 Å². The zero-order valence-electron chi connectivity index (χ0n) is 10.4. The summed E-state index contributed by atoms with van der Waals surface area (Å²) >= 11 is 0. The molecule has 10 nitrogen and oxygen atoms in total. The van der Waals surface area contributed by atoms with Crippen molar-refractivity contribution in [2.75, 3.05) is 0 Å². The van der Waals surface area contributed by atoms with E-state index >= 15 is 0 Å². The van der Waals surface area contributed by atoms with Crippen molar-refractivity contribution in [1.29, 1.82) is 0 Å². The molecule has 0 amide bonds. The molecule has 8 N–H and O–H groups in total. The van der Waals surface area contributed by atoms with Crippen LogP contribution in [-0.2, 0) is 19.2 Å². The molecular formula is C10H16N2O8. The maximum atomic E-state index is 10.8. The Morgan fingerprint density at radius 3 is 0.850 bits per heavy atom. The second-order valence-electron chi connectivity index (χ2n) is 4.59. The van der Waals surface area contributed by atoms with E-state index in [4.69, 9.17) is 31.9 Å². The van der Waals surface area contributed by atoms with Crippen LogP contribution in [0.5, 0.6) is 0 Å². The summed E-state index contributed by atoms with van der Waals surface area (Å²) in [5, 5.41) is 35.1. The number of carboxylic acids is 4. The molecule has 0 aliphatic carbocycles. The molecule has 0 aromatic heterocycles. The lowest BCUT2D eigenvalue weighted by atomic mass is 9.69. The Labute approximate surface area is 113 Å². The van der Waals surface area contributed by atoms with E-state index in [0.717, 1.165) is 0 Å². The Kier molecular flexibility index (Phi) is 5.61. The summed E-state index contributed by atoms with van der Waals surface area (Å²) in [6, 6.07) is 0. The van der Waals surface area contributed by atoms with Gasteiger partial charge in [-0.2, -0.15) is 0 Å². The van der Waals surface area contributed by atoms with Crippen LogP contribution in [-0.4, -0.2) is 55.4 Å². The Balaban J connectivity index is 5.70. The number of hydrogen-bond acceptors (Lipinski definition) is 6. The number of carboxylic acid groups (broad SMARTS) is 4. The maximum absolute atomic E-state index is 10.8. The minimum absolute atomic E-state index is 0.976. The van der Waals surface area contributed by atoms with Gasteiger partial charge in [-0.3, -0.25) is 19.2 Å². The van der Waals surface area contributed by atoms with Crippen molar-refractivity contribution in [3.63, 3.8) is 0 Å². The summed E-state index contributed by atoms with van der Waals surface area (Å²) in [5.74, 6) is -6.06. The number of rotatable bonds is 9. The van der Waals surface area contributed by atoms with Crippen LogP contribution in [0.3, 0.4) is 0 Å². The van der Waals surface area contributed by atoms with Crippen molar-refractivity contribution in [2.24, 2.45) is 11.5 Å². The third-order valence-corrected chi connectivity index (χ3v) is 2.86. The lowest BCUT2D eigenvalue weighted by Gasteiger charge is -2.42. The van der Waals surface area contributed by atoms with Gasteiger partial charge in [0.1, 0.15) is 0 Å². The van der Waals surface area contributed by atoms with Crippen LogP contribution in [0, 0.1) is 0 Å². The highest BCUT2D eigenvalue weighted by Gasteiger charge is 2.51. The Bertz CT molecular complexity index is 361. The van der Waals surface area contributed by atoms with Crippen LogP contribution in [0.15, 0.2) is 0 Å². The van der Waals surface area contributed by atoms with Crippen LogP contribution in [0.4, 0.5) is 0 Å². The lowest BCUT2D eigenvalue weighted by molar-refractivity contribution is -0.150. The summed E-state index contributed by atoms with van der Waals surface area (Å²) in [6.07, 6.45) is -3.90. The molecule has 0 bridgehead atoms. The molecule has 0 rings (SSSR count). The highest BCUT2D eigenvalue weighted by atomic mass is 16.4. The van der Waals surface area contributed by atoms with Gasteiger partial charge in [0.15, 0.2) is 0 Å². The fraction of sp³-hybridized carbons (Fsp3) is 0.600. The third kappa shape index (κ3) is 4.82. The second-order valence-corrected chi connectivity index (χ2v) is 4.59. The van der Waals surface area contributed by atoms with Gasteiger partial charge in [-0.15, -0.1) is 0 Å². The first kappa shape index (κ1) is 17.8. The van der Waals surface area contributed by atoms with E-state index in [9.17, 15) is 19.2 Å². The van der Waals surface area contributed by atoms with E-state index in [0.29, 0.717) is 0 Å². The van der Waals surface area contributed by atoms with Crippen molar-refractivity contribution in [1.82, 2.24) is 0 Å². The fourth-order valence-corrected chi connectivity index (χ4v) is 1.91. The predicted octanol–water partition coefficient (Wildman–Crippen LogP) is -1.72. The zero-order chi connectivity index (χ0) is 16.1. The second kappa shape index (κ2) is 6.30. The average Bonchev–Trinajstić information content (AvgIpc) is 2.10. The highest BCUT2D eigenvalue weighted by Crippen LogP contribution is 2.31. The van der Waals surface area contributed by atoms with Crippen LogP contribution in [0.25, 0.3) is 0 Å². The monoisotopic (exact) mass is 292 g/mol. The summed E-state index contributed by atoms with van der Waals surface area (Å²) in [5.41, 5.74) is 6.88. The molecule has 0 saturated carbocycles. The van der Waals surface area contributed by atoms with Gasteiger partial charge < -0.3 is 31.9 Å². The van der Waals surface area contributed by atoms with Gasteiger partial charge in [0, 0.05) is 0 Å². The van der Waals surface area contributed by atoms with Gasteiger partial charge in [-0.1, -0.05) is 0 Å². The van der Waals surface area contributed by atoms with Crippen molar-refractivity contribution in [2.45, 2.75) is 36.8 Å². The normalized spacial score (nSPS) is 11.9. The lowest BCUT2D eigenvalue weighted by Crippen LogP contribution is -2.68. The van der Waals surface area contributed by atoms with E-state index in [2.05, 4.69) is 0 Å². The molecule has 0 spiro atoms. The fourth-order valence-electron chi connectivity index (χ4n) is 1.91. The van der Waals surface area contributed by atoms with Gasteiger partial charge >= 0.3 is 23.9 Å². The summed E-state index contributed by atoms with van der Waals surface area (Å²) < 4.78 is 0. The molecular weight excluding hydrogens is 276 g/mol. The molecule has 20 heavy (non-hydrogen) atoms. The van der Waals surface area contributed by atoms with E-state index in [1.165, 1.54) is 0 Å². The molecule has 0 aliphatic rings. The smallest absolute Gasteiger partial charge is 0.305 e. The van der Waals surface area contributed by atoms with E-state index in [-0.39, 0.29) is 0 Å². The number of hydrogen-bond donors (Lipinski definition) is 6. The van der Waals surface area contributed by atoms with Gasteiger partial charge in [-0.25, -0.2) is 0 Å². The Morgan fingerprint density at radius 1 is 0.600 bits per heavy atom. The van der Waals surface area contributed by atoms with Crippen LogP contribution < -0.4 is 11.5 Å². The summed E-state index contributed by atoms with van der Waals surface area (Å²) in [7, 11) is 0. The Morgan fingerprint density at radius 2 is 0.750 bits per heavy atom. The van der Waals surface area contributed by atoms with Crippen molar-refractivity contribution in [3.8, 4) is 0 Å². The number of nitrogens with two attached hydrogens (primary N) is 2. The minimum atomic E-state index is -2.22. The average molecular weight is 292 g/mol. The molecule has 0 radical (unpaired) electrons. The van der Waals surface area contributed by atoms with Crippen LogP contribution >= 0.6 is 0 Å². The van der Waals surface area contributed by atoms with Crippen LogP contribution in [0.1, 0.15) is 25.7 Å². The Hall–Kier alpha value is -2.20. The molecule has 114 valence electrons. The molecule has 0 saturated heterocycles. The minimum Gasteiger partial charge on any atom is -0.481 e. The number of aliphatic carboxylic acids is 4. The van der Waals surface area contributed by atoms with Gasteiger partial charge in [0.05, 0.1) is 36.8 Å². The van der Waals surface area contributed by atoms with Crippen molar-refractivity contribution < 1.29 is 39.6 Å². The van der Waals surface area contributed by atoms with Crippen LogP contribution in [0.2, 0.25) is 0 Å². The molecule has 0 atom stereocenters. The maximum Gasteiger partial charge on any atom is 0.305 e. The van der Waals surface area contributed by atoms with Gasteiger partial charge in [0.25, 0.3) is 0 Å². The molecule has 0 heterocycles. The first-order chi connectivity index (χ1) is 8.92. The third-order valence-electron chi connectivity index (χ3n) is 2.86.